The van der Waals surface area contributed by atoms with Crippen molar-refractivity contribution in [3.8, 4) is 5.75 Å². The monoisotopic (exact) mass is 268 g/mol. The molecular formula is C14H20O3S. The van der Waals surface area contributed by atoms with E-state index < -0.39 is 11.1 Å². The molecule has 1 aliphatic carbocycles. The SMILES string of the molecule is O=S(O)CCc1ccc(OC2CCCCC2)cc1. The smallest absolute Gasteiger partial charge is 0.153 e. The second kappa shape index (κ2) is 6.90. The van der Waals surface area contributed by atoms with E-state index in [-0.39, 0.29) is 0 Å². The summed E-state index contributed by atoms with van der Waals surface area (Å²) in [6.07, 6.45) is 7.19. The second-order valence-corrected chi connectivity index (χ2v) is 5.85. The summed E-state index contributed by atoms with van der Waals surface area (Å²) in [5.41, 5.74) is 1.08. The Hall–Kier alpha value is -0.870. The Labute approximate surface area is 111 Å². The van der Waals surface area contributed by atoms with E-state index in [0.717, 1.165) is 24.2 Å². The van der Waals surface area contributed by atoms with Crippen molar-refractivity contribution < 1.29 is 13.5 Å². The summed E-state index contributed by atoms with van der Waals surface area (Å²) in [6.45, 7) is 0. The third-order valence-electron chi connectivity index (χ3n) is 3.34. The molecule has 1 unspecified atom stereocenters. The van der Waals surface area contributed by atoms with Crippen LogP contribution >= 0.6 is 0 Å². The number of hydrogen-bond acceptors (Lipinski definition) is 2. The first-order chi connectivity index (χ1) is 8.74. The Bertz CT molecular complexity index is 383. The van der Waals surface area contributed by atoms with Crippen molar-refractivity contribution >= 4 is 11.1 Å². The van der Waals surface area contributed by atoms with Crippen LogP contribution in [0.4, 0.5) is 0 Å². The fourth-order valence-electron chi connectivity index (χ4n) is 2.32. The maximum atomic E-state index is 10.6. The predicted molar refractivity (Wildman–Crippen MR) is 73.3 cm³/mol. The van der Waals surface area contributed by atoms with Crippen LogP contribution < -0.4 is 4.74 Å². The van der Waals surface area contributed by atoms with E-state index in [2.05, 4.69) is 0 Å². The van der Waals surface area contributed by atoms with Crippen molar-refractivity contribution in [2.24, 2.45) is 0 Å². The molecule has 1 saturated carbocycles. The first-order valence-corrected chi connectivity index (χ1v) is 7.84. The molecule has 100 valence electrons. The maximum absolute atomic E-state index is 10.6. The fourth-order valence-corrected chi connectivity index (χ4v) is 2.73. The number of benzene rings is 1. The van der Waals surface area contributed by atoms with Gasteiger partial charge in [0, 0.05) is 0 Å². The molecule has 0 amide bonds. The normalized spacial score (nSPS) is 18.5. The molecule has 1 aromatic carbocycles. The van der Waals surface area contributed by atoms with Gasteiger partial charge < -0.3 is 9.29 Å². The molecule has 0 spiro atoms. The summed E-state index contributed by atoms with van der Waals surface area (Å²) in [5, 5.41) is 0. The van der Waals surface area contributed by atoms with Crippen LogP contribution in [0.15, 0.2) is 24.3 Å². The van der Waals surface area contributed by atoms with Crippen LogP contribution in [-0.4, -0.2) is 20.6 Å². The molecule has 0 bridgehead atoms. The lowest BCUT2D eigenvalue weighted by atomic mass is 9.98. The van der Waals surface area contributed by atoms with Crippen molar-refractivity contribution in [1.82, 2.24) is 0 Å². The summed E-state index contributed by atoms with van der Waals surface area (Å²) < 4.78 is 25.2. The highest BCUT2D eigenvalue weighted by atomic mass is 32.2. The molecule has 0 saturated heterocycles. The Morgan fingerprint density at radius 1 is 1.17 bits per heavy atom. The first-order valence-electron chi connectivity index (χ1n) is 6.57. The molecule has 18 heavy (non-hydrogen) atoms. The Kier molecular flexibility index (Phi) is 5.20. The van der Waals surface area contributed by atoms with Gasteiger partial charge in [-0.3, -0.25) is 0 Å². The summed E-state index contributed by atoms with van der Waals surface area (Å²) >= 11 is -1.71. The van der Waals surface area contributed by atoms with Crippen molar-refractivity contribution in [2.75, 3.05) is 5.75 Å². The molecule has 2 rings (SSSR count). The van der Waals surface area contributed by atoms with Gasteiger partial charge in [-0.15, -0.1) is 0 Å². The van der Waals surface area contributed by atoms with Gasteiger partial charge in [-0.2, -0.15) is 0 Å². The molecule has 1 fully saturated rings. The van der Waals surface area contributed by atoms with E-state index in [1.54, 1.807) is 0 Å². The van der Waals surface area contributed by atoms with Crippen LogP contribution in [0, 0.1) is 0 Å². The van der Waals surface area contributed by atoms with E-state index in [4.69, 9.17) is 9.29 Å². The lowest BCUT2D eigenvalue weighted by molar-refractivity contribution is 0.155. The molecule has 0 radical (unpaired) electrons. The van der Waals surface area contributed by atoms with Crippen LogP contribution in [0.25, 0.3) is 0 Å². The average molecular weight is 268 g/mol. The lowest BCUT2D eigenvalue weighted by Crippen LogP contribution is -2.19. The maximum Gasteiger partial charge on any atom is 0.153 e. The molecular weight excluding hydrogens is 248 g/mol. The molecule has 0 aromatic heterocycles. The third-order valence-corrected chi connectivity index (χ3v) is 3.90. The van der Waals surface area contributed by atoms with Gasteiger partial charge in [-0.05, 0) is 49.8 Å². The first kappa shape index (κ1) is 13.6. The molecule has 4 heteroatoms. The van der Waals surface area contributed by atoms with Crippen LogP contribution in [0.5, 0.6) is 5.75 Å². The van der Waals surface area contributed by atoms with Crippen molar-refractivity contribution in [3.05, 3.63) is 29.8 Å². The van der Waals surface area contributed by atoms with Gasteiger partial charge in [0.2, 0.25) is 0 Å². The van der Waals surface area contributed by atoms with Gasteiger partial charge in [0.1, 0.15) is 5.75 Å². The van der Waals surface area contributed by atoms with Crippen molar-refractivity contribution in [3.63, 3.8) is 0 Å². The zero-order valence-corrected chi connectivity index (χ0v) is 11.3. The van der Waals surface area contributed by atoms with Gasteiger partial charge in [-0.1, -0.05) is 18.6 Å². The number of ether oxygens (including phenoxy) is 1. The topological polar surface area (TPSA) is 46.5 Å². The number of rotatable bonds is 5. The van der Waals surface area contributed by atoms with Crippen LogP contribution in [-0.2, 0) is 17.5 Å². The van der Waals surface area contributed by atoms with E-state index in [1.165, 1.54) is 19.3 Å². The van der Waals surface area contributed by atoms with Gasteiger partial charge in [0.05, 0.1) is 11.9 Å². The highest BCUT2D eigenvalue weighted by molar-refractivity contribution is 7.79. The van der Waals surface area contributed by atoms with Crippen LogP contribution in [0.3, 0.4) is 0 Å². The summed E-state index contributed by atoms with van der Waals surface area (Å²) in [6, 6.07) is 7.88. The summed E-state index contributed by atoms with van der Waals surface area (Å²) in [7, 11) is 0. The molecule has 1 atom stereocenters. The second-order valence-electron chi connectivity index (χ2n) is 4.80. The molecule has 1 aromatic rings. The van der Waals surface area contributed by atoms with E-state index in [1.807, 2.05) is 24.3 Å². The fraction of sp³-hybridized carbons (Fsp3) is 0.571. The minimum Gasteiger partial charge on any atom is -0.490 e. The molecule has 1 aliphatic rings. The molecule has 1 N–H and O–H groups in total. The van der Waals surface area contributed by atoms with Gasteiger partial charge in [-0.25, -0.2) is 4.21 Å². The quantitative estimate of drug-likeness (QED) is 0.834. The van der Waals surface area contributed by atoms with Crippen molar-refractivity contribution in [2.45, 2.75) is 44.6 Å². The van der Waals surface area contributed by atoms with E-state index in [0.29, 0.717) is 18.3 Å². The molecule has 0 heterocycles. The Morgan fingerprint density at radius 2 is 1.83 bits per heavy atom. The average Bonchev–Trinajstić information content (AvgIpc) is 2.39. The zero-order chi connectivity index (χ0) is 12.8. The molecule has 3 nitrogen and oxygen atoms in total. The zero-order valence-electron chi connectivity index (χ0n) is 10.5. The largest absolute Gasteiger partial charge is 0.490 e. The standard InChI is InChI=1S/C14H20O3S/c15-18(16)11-10-12-6-8-14(9-7-12)17-13-4-2-1-3-5-13/h6-9,13H,1-5,10-11H2,(H,15,16). The Morgan fingerprint density at radius 3 is 2.44 bits per heavy atom. The van der Waals surface area contributed by atoms with E-state index in [9.17, 15) is 4.21 Å². The van der Waals surface area contributed by atoms with Gasteiger partial charge in [0.25, 0.3) is 0 Å². The third kappa shape index (κ3) is 4.42. The van der Waals surface area contributed by atoms with Gasteiger partial charge >= 0.3 is 0 Å². The number of aryl methyl sites for hydroxylation is 1. The minimum absolute atomic E-state index is 0.294. The summed E-state index contributed by atoms with van der Waals surface area (Å²) in [4.78, 5) is 0. The lowest BCUT2D eigenvalue weighted by Gasteiger charge is -2.23. The van der Waals surface area contributed by atoms with Crippen molar-refractivity contribution in [1.29, 1.82) is 0 Å². The number of hydrogen-bond donors (Lipinski definition) is 1. The minimum atomic E-state index is -1.71. The highest BCUT2D eigenvalue weighted by Crippen LogP contribution is 2.23. The summed E-state index contributed by atoms with van der Waals surface area (Å²) in [5.74, 6) is 1.21. The highest BCUT2D eigenvalue weighted by Gasteiger charge is 2.14. The molecule has 0 aliphatic heterocycles. The van der Waals surface area contributed by atoms with Crippen LogP contribution in [0.2, 0.25) is 0 Å². The Balaban J connectivity index is 1.84. The predicted octanol–water partition coefficient (Wildman–Crippen LogP) is 3.16. The van der Waals surface area contributed by atoms with Gasteiger partial charge in [0.15, 0.2) is 11.1 Å². The van der Waals surface area contributed by atoms with Crippen LogP contribution in [0.1, 0.15) is 37.7 Å². The van der Waals surface area contributed by atoms with E-state index >= 15 is 0 Å².